The largest absolute Gasteiger partial charge is 0.481 e. The van der Waals surface area contributed by atoms with E-state index in [4.69, 9.17) is 4.74 Å². The van der Waals surface area contributed by atoms with Crippen LogP contribution in [0, 0.1) is 29.6 Å². The van der Waals surface area contributed by atoms with E-state index in [0.29, 0.717) is 5.92 Å². The van der Waals surface area contributed by atoms with Gasteiger partial charge in [-0.3, -0.25) is 9.59 Å². The summed E-state index contributed by atoms with van der Waals surface area (Å²) in [4.78, 5) is 24.2. The number of carbonyl (C=O) groups is 2. The van der Waals surface area contributed by atoms with Crippen molar-refractivity contribution in [3.05, 3.63) is 0 Å². The molecule has 2 N–H and O–H groups in total. The molecule has 2 aliphatic carbocycles. The lowest BCUT2D eigenvalue weighted by Crippen LogP contribution is -2.48. The van der Waals surface area contributed by atoms with E-state index in [1.165, 1.54) is 25.7 Å². The number of carbonyl (C=O) groups excluding carboxylic acids is 1. The Balaban J connectivity index is 1.42. The lowest BCUT2D eigenvalue weighted by atomic mass is 9.78. The highest BCUT2D eigenvalue weighted by molar-refractivity contribution is 5.86. The molecule has 4 bridgehead atoms. The van der Waals surface area contributed by atoms with Crippen LogP contribution >= 0.6 is 0 Å². The SMILES string of the molecule is C[C@@H](NC(=O)[C@H]1[C@@H](C(=O)O)[C@H]2CC[C@@H]1O2)[C@@H]1C[C@@H]2CC[C@@H]1C2. The minimum Gasteiger partial charge on any atom is -0.481 e. The summed E-state index contributed by atoms with van der Waals surface area (Å²) >= 11 is 0. The zero-order valence-corrected chi connectivity index (χ0v) is 13.0. The average molecular weight is 307 g/mol. The fraction of sp³-hybridized carbons (Fsp3) is 0.882. The molecule has 2 saturated carbocycles. The highest BCUT2D eigenvalue weighted by atomic mass is 16.5. The first kappa shape index (κ1) is 14.5. The van der Waals surface area contributed by atoms with Gasteiger partial charge in [0.2, 0.25) is 5.91 Å². The Morgan fingerprint density at radius 3 is 2.41 bits per heavy atom. The number of hydrogen-bond acceptors (Lipinski definition) is 3. The number of fused-ring (bicyclic) bond motifs is 4. The number of nitrogens with one attached hydrogen (secondary N) is 1. The summed E-state index contributed by atoms with van der Waals surface area (Å²) in [6, 6.07) is 0.149. The minimum absolute atomic E-state index is 0.102. The highest BCUT2D eigenvalue weighted by Gasteiger charge is 2.56. The van der Waals surface area contributed by atoms with Gasteiger partial charge in [0.25, 0.3) is 0 Å². The fourth-order valence-electron chi connectivity index (χ4n) is 5.66. The molecule has 5 nitrogen and oxygen atoms in total. The molecule has 5 heteroatoms. The minimum atomic E-state index is -0.889. The second kappa shape index (κ2) is 5.22. The monoisotopic (exact) mass is 307 g/mol. The molecule has 2 saturated heterocycles. The summed E-state index contributed by atoms with van der Waals surface area (Å²) in [6.07, 6.45) is 6.31. The van der Waals surface area contributed by atoms with E-state index in [2.05, 4.69) is 12.2 Å². The first-order chi connectivity index (χ1) is 10.5. The molecule has 0 radical (unpaired) electrons. The predicted molar refractivity (Wildman–Crippen MR) is 79.1 cm³/mol. The Hall–Kier alpha value is -1.10. The van der Waals surface area contributed by atoms with Gasteiger partial charge in [-0.2, -0.15) is 0 Å². The number of carboxylic acid groups (broad SMARTS) is 1. The van der Waals surface area contributed by atoms with Gasteiger partial charge >= 0.3 is 5.97 Å². The molecular formula is C17H25NO4. The third-order valence-corrected chi connectivity index (χ3v) is 6.67. The van der Waals surface area contributed by atoms with Gasteiger partial charge in [-0.1, -0.05) is 6.42 Å². The number of rotatable bonds is 4. The molecule has 0 aromatic rings. The van der Waals surface area contributed by atoms with Crippen LogP contribution < -0.4 is 5.32 Å². The third kappa shape index (κ3) is 2.16. The zero-order chi connectivity index (χ0) is 15.4. The van der Waals surface area contributed by atoms with Gasteiger partial charge in [-0.15, -0.1) is 0 Å². The number of aliphatic carboxylic acids is 1. The molecular weight excluding hydrogens is 282 g/mol. The number of hydrogen-bond donors (Lipinski definition) is 2. The summed E-state index contributed by atoms with van der Waals surface area (Å²) in [5.41, 5.74) is 0. The quantitative estimate of drug-likeness (QED) is 0.830. The lowest BCUT2D eigenvalue weighted by Gasteiger charge is -2.31. The van der Waals surface area contributed by atoms with Gasteiger partial charge in [-0.05, 0) is 56.8 Å². The van der Waals surface area contributed by atoms with Gasteiger partial charge in [0.05, 0.1) is 24.0 Å². The van der Waals surface area contributed by atoms with Crippen molar-refractivity contribution < 1.29 is 19.4 Å². The van der Waals surface area contributed by atoms with E-state index >= 15 is 0 Å². The van der Waals surface area contributed by atoms with Crippen LogP contribution in [0.2, 0.25) is 0 Å². The van der Waals surface area contributed by atoms with Gasteiger partial charge in [-0.25, -0.2) is 0 Å². The molecule has 4 fully saturated rings. The zero-order valence-electron chi connectivity index (χ0n) is 13.0. The lowest BCUT2D eigenvalue weighted by molar-refractivity contribution is -0.148. The van der Waals surface area contributed by atoms with E-state index in [-0.39, 0.29) is 24.2 Å². The third-order valence-electron chi connectivity index (χ3n) is 6.67. The predicted octanol–water partition coefficient (Wildman–Crippen LogP) is 1.81. The Kier molecular flexibility index (Phi) is 3.44. The molecule has 0 aromatic carbocycles. The Labute approximate surface area is 130 Å². The molecule has 2 aliphatic heterocycles. The van der Waals surface area contributed by atoms with Crippen molar-refractivity contribution in [2.45, 2.75) is 63.7 Å². The molecule has 122 valence electrons. The molecule has 0 spiro atoms. The standard InChI is InChI=1S/C17H25NO4/c1-8(11-7-9-2-3-10(11)6-9)18-16(19)14-12-4-5-13(22-12)15(14)17(20)21/h8-15H,2-7H2,1H3,(H,18,19)(H,20,21)/t8-,9-,10-,11+,12+,13-,14-,15+/m1/s1. The van der Waals surface area contributed by atoms with Gasteiger partial charge < -0.3 is 15.2 Å². The Morgan fingerprint density at radius 1 is 1.09 bits per heavy atom. The van der Waals surface area contributed by atoms with Crippen LogP contribution in [0.25, 0.3) is 0 Å². The van der Waals surface area contributed by atoms with Crippen LogP contribution in [0.1, 0.15) is 45.4 Å². The summed E-state index contributed by atoms with van der Waals surface area (Å²) in [6.45, 7) is 2.09. The molecule has 2 heterocycles. The maximum Gasteiger partial charge on any atom is 0.310 e. The van der Waals surface area contributed by atoms with Crippen molar-refractivity contribution in [2.75, 3.05) is 0 Å². The summed E-state index contributed by atoms with van der Waals surface area (Å²) in [5, 5.41) is 12.6. The topological polar surface area (TPSA) is 75.6 Å². The maximum absolute atomic E-state index is 12.7. The van der Waals surface area contributed by atoms with Crippen LogP contribution in [0.4, 0.5) is 0 Å². The second-order valence-corrected chi connectivity index (χ2v) is 7.82. The van der Waals surface area contributed by atoms with E-state index in [1.807, 2.05) is 0 Å². The van der Waals surface area contributed by atoms with Crippen LogP contribution in [-0.2, 0) is 14.3 Å². The fourth-order valence-corrected chi connectivity index (χ4v) is 5.66. The van der Waals surface area contributed by atoms with Crippen molar-refractivity contribution in [1.82, 2.24) is 5.32 Å². The molecule has 0 aromatic heterocycles. The van der Waals surface area contributed by atoms with Gasteiger partial charge in [0.15, 0.2) is 0 Å². The van der Waals surface area contributed by atoms with Crippen LogP contribution in [0.5, 0.6) is 0 Å². The maximum atomic E-state index is 12.7. The van der Waals surface area contributed by atoms with Crippen LogP contribution in [0.15, 0.2) is 0 Å². The van der Waals surface area contributed by atoms with Crippen molar-refractivity contribution in [3.8, 4) is 0 Å². The van der Waals surface area contributed by atoms with E-state index < -0.39 is 17.8 Å². The summed E-state index contributed by atoms with van der Waals surface area (Å²) < 4.78 is 5.69. The molecule has 22 heavy (non-hydrogen) atoms. The van der Waals surface area contributed by atoms with Crippen molar-refractivity contribution >= 4 is 11.9 Å². The van der Waals surface area contributed by atoms with Crippen molar-refractivity contribution in [2.24, 2.45) is 29.6 Å². The molecule has 4 rings (SSSR count). The van der Waals surface area contributed by atoms with Crippen molar-refractivity contribution in [1.29, 1.82) is 0 Å². The van der Waals surface area contributed by atoms with Crippen LogP contribution in [0.3, 0.4) is 0 Å². The first-order valence-corrected chi connectivity index (χ1v) is 8.73. The van der Waals surface area contributed by atoms with Crippen molar-refractivity contribution in [3.63, 3.8) is 0 Å². The highest BCUT2D eigenvalue weighted by Crippen LogP contribution is 2.50. The number of ether oxygens (including phenoxy) is 1. The van der Waals surface area contributed by atoms with E-state index in [9.17, 15) is 14.7 Å². The Morgan fingerprint density at radius 2 is 1.82 bits per heavy atom. The van der Waals surface area contributed by atoms with E-state index in [0.717, 1.165) is 24.7 Å². The summed E-state index contributed by atoms with van der Waals surface area (Å²) in [7, 11) is 0. The van der Waals surface area contributed by atoms with E-state index in [1.54, 1.807) is 0 Å². The Bertz CT molecular complexity index is 493. The second-order valence-electron chi connectivity index (χ2n) is 7.82. The van der Waals surface area contributed by atoms with Gasteiger partial charge in [0.1, 0.15) is 0 Å². The first-order valence-electron chi connectivity index (χ1n) is 8.73. The molecule has 0 unspecified atom stereocenters. The molecule has 1 amide bonds. The molecule has 4 aliphatic rings. The number of carboxylic acids is 1. The molecule has 8 atom stereocenters. The van der Waals surface area contributed by atoms with Gasteiger partial charge in [0, 0.05) is 6.04 Å². The average Bonchev–Trinajstić information content (AvgIpc) is 3.24. The summed E-state index contributed by atoms with van der Waals surface area (Å²) in [5.74, 6) is 0.0300. The number of amides is 1. The van der Waals surface area contributed by atoms with Crippen LogP contribution in [-0.4, -0.2) is 35.2 Å². The normalized spacial score (nSPS) is 46.9. The smallest absolute Gasteiger partial charge is 0.310 e.